The molecule has 0 saturated carbocycles. The molecular formula is C16H11BrN2O. The van der Waals surface area contributed by atoms with Crippen LogP contribution in [-0.2, 0) is 0 Å². The van der Waals surface area contributed by atoms with Crippen LogP contribution in [0, 0.1) is 11.5 Å². The molecule has 0 aliphatic rings. The molecule has 0 aliphatic heterocycles. The van der Waals surface area contributed by atoms with Crippen molar-refractivity contribution < 1.29 is 4.74 Å². The van der Waals surface area contributed by atoms with Gasteiger partial charge in [-0.15, -0.1) is 0 Å². The van der Waals surface area contributed by atoms with E-state index in [0.29, 0.717) is 0 Å². The van der Waals surface area contributed by atoms with Gasteiger partial charge in [0, 0.05) is 10.9 Å². The highest BCUT2D eigenvalue weighted by Gasteiger charge is 2.16. The first-order chi connectivity index (χ1) is 9.76. The van der Waals surface area contributed by atoms with Crippen molar-refractivity contribution in [3.05, 3.63) is 53.1 Å². The van der Waals surface area contributed by atoms with Crippen LogP contribution in [0.1, 0.15) is 0 Å². The van der Waals surface area contributed by atoms with Gasteiger partial charge >= 0.3 is 0 Å². The van der Waals surface area contributed by atoms with Crippen LogP contribution in [0.25, 0.3) is 22.0 Å². The Morgan fingerprint density at radius 3 is 2.45 bits per heavy atom. The van der Waals surface area contributed by atoms with E-state index in [4.69, 9.17) is 4.74 Å². The molecule has 1 heterocycles. The zero-order valence-electron chi connectivity index (χ0n) is 10.8. The van der Waals surface area contributed by atoms with E-state index >= 15 is 0 Å². The number of ether oxygens (including phenoxy) is 1. The van der Waals surface area contributed by atoms with Crippen molar-refractivity contribution in [3.63, 3.8) is 0 Å². The van der Waals surface area contributed by atoms with E-state index in [2.05, 4.69) is 22.1 Å². The highest BCUT2D eigenvalue weighted by atomic mass is 79.9. The first-order valence-corrected chi connectivity index (χ1v) is 6.89. The molecule has 0 atom stereocenters. The Morgan fingerprint density at radius 1 is 1.10 bits per heavy atom. The molecule has 0 fully saturated rings. The van der Waals surface area contributed by atoms with Crippen molar-refractivity contribution in [1.29, 1.82) is 5.26 Å². The Bertz CT molecular complexity index is 813. The van der Waals surface area contributed by atoms with E-state index in [1.165, 1.54) is 0 Å². The number of benzene rings is 2. The third-order valence-corrected chi connectivity index (χ3v) is 4.05. The second kappa shape index (κ2) is 5.03. The van der Waals surface area contributed by atoms with Crippen molar-refractivity contribution in [3.8, 4) is 23.1 Å². The summed E-state index contributed by atoms with van der Waals surface area (Å²) in [5, 5.41) is 10.4. The lowest BCUT2D eigenvalue weighted by atomic mass is 10.0. The monoisotopic (exact) mass is 326 g/mol. The molecule has 3 aromatic rings. The molecule has 0 saturated heterocycles. The van der Waals surface area contributed by atoms with Crippen molar-refractivity contribution >= 4 is 26.8 Å². The molecule has 98 valence electrons. The number of halogens is 1. The number of hydrogen-bond acceptors (Lipinski definition) is 2. The highest BCUT2D eigenvalue weighted by molar-refractivity contribution is 9.10. The first-order valence-electron chi connectivity index (χ1n) is 6.09. The predicted octanol–water partition coefficient (Wildman–Crippen LogP) is 4.41. The summed E-state index contributed by atoms with van der Waals surface area (Å²) in [5.41, 5.74) is 2.96. The van der Waals surface area contributed by atoms with Gasteiger partial charge in [0.25, 0.3) is 0 Å². The number of fused-ring (bicyclic) bond motifs is 1. The van der Waals surface area contributed by atoms with Gasteiger partial charge < -0.3 is 4.74 Å². The Morgan fingerprint density at radius 2 is 1.80 bits per heavy atom. The van der Waals surface area contributed by atoms with Crippen molar-refractivity contribution in [2.24, 2.45) is 0 Å². The van der Waals surface area contributed by atoms with Crippen LogP contribution in [0.5, 0.6) is 5.75 Å². The number of methoxy groups -OCH3 is 1. The van der Waals surface area contributed by atoms with Gasteiger partial charge in [-0.1, -0.05) is 30.3 Å². The van der Waals surface area contributed by atoms with E-state index in [-0.39, 0.29) is 0 Å². The van der Waals surface area contributed by atoms with Crippen LogP contribution in [0.15, 0.2) is 53.1 Å². The summed E-state index contributed by atoms with van der Waals surface area (Å²) in [6.07, 6.45) is 2.20. The predicted molar refractivity (Wildman–Crippen MR) is 82.6 cm³/mol. The molecule has 2 aromatic carbocycles. The average molecular weight is 327 g/mol. The van der Waals surface area contributed by atoms with Gasteiger partial charge in [0.05, 0.1) is 12.6 Å². The maximum Gasteiger partial charge on any atom is 0.189 e. The molecule has 3 rings (SSSR count). The first kappa shape index (κ1) is 12.8. The van der Waals surface area contributed by atoms with Gasteiger partial charge in [-0.3, -0.25) is 0 Å². The fourth-order valence-electron chi connectivity index (χ4n) is 2.34. The zero-order valence-corrected chi connectivity index (χ0v) is 12.4. The van der Waals surface area contributed by atoms with Crippen molar-refractivity contribution in [2.75, 3.05) is 7.11 Å². The lowest BCUT2D eigenvalue weighted by Crippen LogP contribution is -1.87. The Labute approximate surface area is 125 Å². The summed E-state index contributed by atoms with van der Waals surface area (Å²) in [4.78, 5) is 0. The summed E-state index contributed by atoms with van der Waals surface area (Å²) in [5.74, 6) is 0.814. The molecule has 3 nitrogen and oxygen atoms in total. The van der Waals surface area contributed by atoms with E-state index < -0.39 is 0 Å². The molecule has 0 aliphatic carbocycles. The SMILES string of the molecule is COc1ccc(-c2c(Br)n(C#N)c3ccccc23)cc1. The molecule has 0 bridgehead atoms. The molecule has 0 radical (unpaired) electrons. The Hall–Kier alpha value is -2.25. The van der Waals surface area contributed by atoms with Gasteiger partial charge in [0.1, 0.15) is 10.4 Å². The van der Waals surface area contributed by atoms with Gasteiger partial charge in [0.2, 0.25) is 0 Å². The molecule has 0 amide bonds. The summed E-state index contributed by atoms with van der Waals surface area (Å²) in [6, 6.07) is 15.7. The van der Waals surface area contributed by atoms with Crippen LogP contribution in [0.3, 0.4) is 0 Å². The standard InChI is InChI=1S/C16H11BrN2O/c1-20-12-8-6-11(7-9-12)15-13-4-2-3-5-14(13)19(10-18)16(15)17/h2-9H,1H3. The minimum Gasteiger partial charge on any atom is -0.497 e. The van der Waals surface area contributed by atoms with Crippen LogP contribution < -0.4 is 4.74 Å². The summed E-state index contributed by atoms with van der Waals surface area (Å²) in [6.45, 7) is 0. The van der Waals surface area contributed by atoms with E-state index in [0.717, 1.165) is 32.4 Å². The third kappa shape index (κ3) is 1.87. The van der Waals surface area contributed by atoms with Gasteiger partial charge in [-0.25, -0.2) is 4.57 Å². The second-order valence-electron chi connectivity index (χ2n) is 4.35. The molecular weight excluding hydrogens is 316 g/mol. The highest BCUT2D eigenvalue weighted by Crippen LogP contribution is 2.38. The zero-order chi connectivity index (χ0) is 14.1. The molecule has 1 aromatic heterocycles. The van der Waals surface area contributed by atoms with Crippen LogP contribution in [0.4, 0.5) is 0 Å². The fourth-order valence-corrected chi connectivity index (χ4v) is 3.05. The Balaban J connectivity index is 2.30. The largest absolute Gasteiger partial charge is 0.497 e. The van der Waals surface area contributed by atoms with E-state index in [1.807, 2.05) is 48.5 Å². The van der Waals surface area contributed by atoms with Crippen molar-refractivity contribution in [2.45, 2.75) is 0 Å². The van der Waals surface area contributed by atoms with Gasteiger partial charge in [-0.2, -0.15) is 5.26 Å². The number of nitriles is 1. The molecule has 20 heavy (non-hydrogen) atoms. The topological polar surface area (TPSA) is 38.0 Å². The number of hydrogen-bond donors (Lipinski definition) is 0. The summed E-state index contributed by atoms with van der Waals surface area (Å²) in [7, 11) is 1.65. The number of aromatic nitrogens is 1. The fraction of sp³-hybridized carbons (Fsp3) is 0.0625. The maximum absolute atomic E-state index is 9.32. The van der Waals surface area contributed by atoms with Crippen molar-refractivity contribution in [1.82, 2.24) is 4.57 Å². The van der Waals surface area contributed by atoms with Gasteiger partial charge in [-0.05, 0) is 39.7 Å². The quantitative estimate of drug-likeness (QED) is 0.699. The molecule has 0 N–H and O–H groups in total. The molecule has 0 spiro atoms. The molecule has 4 heteroatoms. The number of rotatable bonds is 2. The van der Waals surface area contributed by atoms with Crippen LogP contribution in [-0.4, -0.2) is 11.7 Å². The smallest absolute Gasteiger partial charge is 0.189 e. The van der Waals surface area contributed by atoms with E-state index in [9.17, 15) is 5.26 Å². The minimum atomic E-state index is 0.770. The summed E-state index contributed by atoms with van der Waals surface area (Å²) < 4.78 is 7.54. The third-order valence-electron chi connectivity index (χ3n) is 3.30. The maximum atomic E-state index is 9.32. The molecule has 0 unspecified atom stereocenters. The van der Waals surface area contributed by atoms with Crippen LogP contribution in [0.2, 0.25) is 0 Å². The summed E-state index contributed by atoms with van der Waals surface area (Å²) >= 11 is 3.54. The number of para-hydroxylation sites is 1. The Kier molecular flexibility index (Phi) is 3.21. The lowest BCUT2D eigenvalue weighted by molar-refractivity contribution is 0.415. The number of nitrogens with zero attached hydrogens (tertiary/aromatic N) is 2. The average Bonchev–Trinajstić information content (AvgIpc) is 2.79. The van der Waals surface area contributed by atoms with Gasteiger partial charge in [0.15, 0.2) is 6.19 Å². The van der Waals surface area contributed by atoms with E-state index in [1.54, 1.807) is 11.7 Å². The van der Waals surface area contributed by atoms with Crippen LogP contribution >= 0.6 is 15.9 Å². The lowest BCUT2D eigenvalue weighted by Gasteiger charge is -2.03. The second-order valence-corrected chi connectivity index (χ2v) is 5.10. The minimum absolute atomic E-state index is 0.770. The normalized spacial score (nSPS) is 10.4.